The first-order valence-corrected chi connectivity index (χ1v) is 7.76. The van der Waals surface area contributed by atoms with Crippen molar-refractivity contribution in [1.82, 2.24) is 19.8 Å². The maximum Gasteiger partial charge on any atom is 0.381 e. The normalized spacial score (nSPS) is 24.3. The van der Waals surface area contributed by atoms with Gasteiger partial charge in [-0.15, -0.1) is 0 Å². The molecule has 0 saturated carbocycles. The van der Waals surface area contributed by atoms with Gasteiger partial charge in [0.2, 0.25) is 11.7 Å². The number of aryl methyl sites for hydroxylation is 2. The third-order valence-electron chi connectivity index (χ3n) is 4.66. The van der Waals surface area contributed by atoms with Gasteiger partial charge in [-0.1, -0.05) is 0 Å². The van der Waals surface area contributed by atoms with Gasteiger partial charge >= 0.3 is 5.82 Å². The van der Waals surface area contributed by atoms with Gasteiger partial charge in [0.1, 0.15) is 6.20 Å². The standard InChI is InChI=1S/C14H21N5O3/c1-10-16-13(19(21)22)9-17(10)7-5-14(20)18-11-2-3-12(18)8-15-6-4-11/h9,11-12,15H,2-8H2,1H3. The minimum absolute atomic E-state index is 0.145. The zero-order valence-electron chi connectivity index (χ0n) is 12.7. The van der Waals surface area contributed by atoms with Gasteiger partial charge in [0.05, 0.1) is 0 Å². The van der Waals surface area contributed by atoms with Crippen LogP contribution in [-0.2, 0) is 11.3 Å². The lowest BCUT2D eigenvalue weighted by Gasteiger charge is -2.28. The topological polar surface area (TPSA) is 93.3 Å². The quantitative estimate of drug-likeness (QED) is 0.657. The molecule has 2 bridgehead atoms. The van der Waals surface area contributed by atoms with E-state index in [1.807, 2.05) is 4.90 Å². The second-order valence-corrected chi connectivity index (χ2v) is 6.03. The fourth-order valence-electron chi connectivity index (χ4n) is 3.54. The molecule has 22 heavy (non-hydrogen) atoms. The molecule has 8 heteroatoms. The Bertz CT molecular complexity index is 571. The zero-order valence-corrected chi connectivity index (χ0v) is 12.7. The maximum atomic E-state index is 12.6. The number of aromatic nitrogens is 2. The van der Waals surface area contributed by atoms with Gasteiger partial charge in [-0.05, 0) is 35.7 Å². The van der Waals surface area contributed by atoms with Crippen molar-refractivity contribution in [3.05, 3.63) is 22.1 Å². The molecule has 1 amide bonds. The molecule has 3 rings (SSSR count). The monoisotopic (exact) mass is 307 g/mol. The van der Waals surface area contributed by atoms with E-state index in [4.69, 9.17) is 0 Å². The average molecular weight is 307 g/mol. The first-order valence-electron chi connectivity index (χ1n) is 7.76. The van der Waals surface area contributed by atoms with E-state index < -0.39 is 4.92 Å². The summed E-state index contributed by atoms with van der Waals surface area (Å²) in [7, 11) is 0. The third kappa shape index (κ3) is 2.83. The molecule has 1 aromatic rings. The van der Waals surface area contributed by atoms with Crippen molar-refractivity contribution in [2.75, 3.05) is 13.1 Å². The summed E-state index contributed by atoms with van der Waals surface area (Å²) in [5.74, 6) is 0.552. The van der Waals surface area contributed by atoms with Crippen LogP contribution in [0.1, 0.15) is 31.5 Å². The van der Waals surface area contributed by atoms with E-state index in [9.17, 15) is 14.9 Å². The van der Waals surface area contributed by atoms with Crippen LogP contribution < -0.4 is 5.32 Å². The van der Waals surface area contributed by atoms with Crippen molar-refractivity contribution in [2.24, 2.45) is 0 Å². The van der Waals surface area contributed by atoms with E-state index >= 15 is 0 Å². The summed E-state index contributed by atoms with van der Waals surface area (Å²) in [5.41, 5.74) is 0. The fourth-order valence-corrected chi connectivity index (χ4v) is 3.54. The van der Waals surface area contributed by atoms with E-state index in [0.29, 0.717) is 30.9 Å². The van der Waals surface area contributed by atoms with Gasteiger partial charge < -0.3 is 24.9 Å². The maximum absolute atomic E-state index is 12.6. The summed E-state index contributed by atoms with van der Waals surface area (Å²) in [5, 5.41) is 14.1. The summed E-state index contributed by atoms with van der Waals surface area (Å²) in [6, 6.07) is 0.656. The van der Waals surface area contributed by atoms with Crippen molar-refractivity contribution in [2.45, 2.75) is 51.2 Å². The highest BCUT2D eigenvalue weighted by Gasteiger charge is 2.37. The minimum atomic E-state index is -0.508. The second-order valence-electron chi connectivity index (χ2n) is 6.03. The lowest BCUT2D eigenvalue weighted by atomic mass is 10.1. The number of hydrogen-bond donors (Lipinski definition) is 1. The summed E-state index contributed by atoms with van der Waals surface area (Å²) in [6.07, 6.45) is 4.94. The van der Waals surface area contributed by atoms with Crippen molar-refractivity contribution in [3.8, 4) is 0 Å². The molecule has 0 spiro atoms. The molecule has 2 unspecified atom stereocenters. The number of hydrogen-bond acceptors (Lipinski definition) is 5. The Kier molecular flexibility index (Phi) is 4.10. The van der Waals surface area contributed by atoms with Crippen molar-refractivity contribution in [3.63, 3.8) is 0 Å². The van der Waals surface area contributed by atoms with E-state index in [1.54, 1.807) is 11.5 Å². The first kappa shape index (κ1) is 15.0. The summed E-state index contributed by atoms with van der Waals surface area (Å²) in [4.78, 5) is 28.7. The highest BCUT2D eigenvalue weighted by molar-refractivity contribution is 5.77. The summed E-state index contributed by atoms with van der Waals surface area (Å²) >= 11 is 0. The molecule has 2 aliphatic heterocycles. The van der Waals surface area contributed by atoms with E-state index in [1.165, 1.54) is 6.20 Å². The SMILES string of the molecule is Cc1nc([N+](=O)[O-])cn1CCC(=O)N1C2CCNCC1CC2. The smallest absolute Gasteiger partial charge is 0.358 e. The van der Waals surface area contributed by atoms with Crippen molar-refractivity contribution in [1.29, 1.82) is 0 Å². The lowest BCUT2D eigenvalue weighted by Crippen LogP contribution is -2.42. The Morgan fingerprint density at radius 2 is 2.23 bits per heavy atom. The minimum Gasteiger partial charge on any atom is -0.358 e. The number of nitrogens with zero attached hydrogens (tertiary/aromatic N) is 4. The summed E-state index contributed by atoms with van der Waals surface area (Å²) < 4.78 is 1.69. The fraction of sp³-hybridized carbons (Fsp3) is 0.714. The van der Waals surface area contributed by atoms with Gasteiger partial charge in [0, 0.05) is 38.5 Å². The molecule has 8 nitrogen and oxygen atoms in total. The molecule has 2 aliphatic rings. The van der Waals surface area contributed by atoms with E-state index in [2.05, 4.69) is 10.3 Å². The number of nitro groups is 1. The van der Waals surface area contributed by atoms with Crippen LogP contribution in [0, 0.1) is 17.0 Å². The Morgan fingerprint density at radius 1 is 1.45 bits per heavy atom. The number of imidazole rings is 1. The van der Waals surface area contributed by atoms with Gasteiger partial charge in [0.25, 0.3) is 0 Å². The largest absolute Gasteiger partial charge is 0.381 e. The van der Waals surface area contributed by atoms with Crippen molar-refractivity contribution < 1.29 is 9.72 Å². The molecule has 2 saturated heterocycles. The molecule has 1 aromatic heterocycles. The number of amides is 1. The summed E-state index contributed by atoms with van der Waals surface area (Å²) in [6.45, 7) is 4.00. The number of rotatable bonds is 4. The number of fused-ring (bicyclic) bond motifs is 2. The van der Waals surface area contributed by atoms with Crippen LogP contribution in [0.3, 0.4) is 0 Å². The Labute approximate surface area is 128 Å². The van der Waals surface area contributed by atoms with Crippen LogP contribution in [-0.4, -0.2) is 50.5 Å². The highest BCUT2D eigenvalue weighted by atomic mass is 16.6. The average Bonchev–Trinajstić information content (AvgIpc) is 2.95. The van der Waals surface area contributed by atoms with Gasteiger partial charge in [-0.3, -0.25) is 4.79 Å². The lowest BCUT2D eigenvalue weighted by molar-refractivity contribution is -0.389. The third-order valence-corrected chi connectivity index (χ3v) is 4.66. The number of nitrogens with one attached hydrogen (secondary N) is 1. The molecule has 3 heterocycles. The molecule has 120 valence electrons. The van der Waals surface area contributed by atoms with E-state index in [-0.39, 0.29) is 11.7 Å². The molecule has 0 aliphatic carbocycles. The van der Waals surface area contributed by atoms with E-state index in [0.717, 1.165) is 32.4 Å². The van der Waals surface area contributed by atoms with Gasteiger partial charge in [-0.25, -0.2) is 0 Å². The number of carbonyl (C=O) groups excluding carboxylic acids is 1. The highest BCUT2D eigenvalue weighted by Crippen LogP contribution is 2.28. The molecule has 2 fully saturated rings. The van der Waals surface area contributed by atoms with Crippen LogP contribution >= 0.6 is 0 Å². The number of carbonyl (C=O) groups is 1. The zero-order chi connectivity index (χ0) is 15.7. The van der Waals surface area contributed by atoms with Crippen molar-refractivity contribution >= 4 is 11.7 Å². The first-order chi connectivity index (χ1) is 10.6. The second kappa shape index (κ2) is 6.04. The molecule has 0 aromatic carbocycles. The predicted molar refractivity (Wildman–Crippen MR) is 79.4 cm³/mol. The van der Waals surface area contributed by atoms with Crippen LogP contribution in [0.5, 0.6) is 0 Å². The molecular weight excluding hydrogens is 286 g/mol. The van der Waals surface area contributed by atoms with Crippen LogP contribution in [0.15, 0.2) is 6.20 Å². The predicted octanol–water partition coefficient (Wildman–Crippen LogP) is 0.843. The molecule has 1 N–H and O–H groups in total. The van der Waals surface area contributed by atoms with Gasteiger partial charge in [-0.2, -0.15) is 0 Å². The molecular formula is C14H21N5O3. The van der Waals surface area contributed by atoms with Crippen LogP contribution in [0.2, 0.25) is 0 Å². The van der Waals surface area contributed by atoms with Crippen LogP contribution in [0.25, 0.3) is 0 Å². The molecule has 0 radical (unpaired) electrons. The Balaban J connectivity index is 1.64. The Morgan fingerprint density at radius 3 is 2.95 bits per heavy atom. The van der Waals surface area contributed by atoms with Gasteiger partial charge in [0.15, 0.2) is 0 Å². The Hall–Kier alpha value is -1.96. The molecule has 2 atom stereocenters. The van der Waals surface area contributed by atoms with Crippen LogP contribution in [0.4, 0.5) is 5.82 Å².